The van der Waals surface area contributed by atoms with Crippen LogP contribution in [0.4, 0.5) is 0 Å². The number of hydrogen-bond acceptors (Lipinski definition) is 3. The molecule has 1 aromatic heterocycles. The van der Waals surface area contributed by atoms with Gasteiger partial charge in [0.05, 0.1) is 13.2 Å². The summed E-state index contributed by atoms with van der Waals surface area (Å²) in [6.07, 6.45) is 0.795. The van der Waals surface area contributed by atoms with Gasteiger partial charge < -0.3 is 4.74 Å². The molecule has 0 saturated carbocycles. The van der Waals surface area contributed by atoms with Crippen LogP contribution in [0.15, 0.2) is 10.9 Å². The summed E-state index contributed by atoms with van der Waals surface area (Å²) in [7, 11) is 0. The summed E-state index contributed by atoms with van der Waals surface area (Å²) in [4.78, 5) is 15.8. The highest BCUT2D eigenvalue weighted by Gasteiger charge is 2.11. The minimum absolute atomic E-state index is 0.0464. The minimum Gasteiger partial charge on any atom is -0.372 e. The standard InChI is InChI=1S/C9H12N2O2/c1-2-7-5-9(12)11-3-4-13-6-8(11)10-7/h5H,2-4,6H2,1H3. The molecule has 0 radical (unpaired) electrons. The molecule has 2 rings (SSSR count). The van der Waals surface area contributed by atoms with Crippen LogP contribution in [0.1, 0.15) is 18.4 Å². The van der Waals surface area contributed by atoms with Crippen molar-refractivity contribution in [1.82, 2.24) is 9.55 Å². The molecule has 0 fully saturated rings. The SMILES string of the molecule is CCc1cc(=O)n2c(n1)COCC2. The fraction of sp³-hybridized carbons (Fsp3) is 0.556. The Morgan fingerprint density at radius 2 is 2.54 bits per heavy atom. The normalized spacial score (nSPS) is 15.5. The molecule has 13 heavy (non-hydrogen) atoms. The summed E-state index contributed by atoms with van der Waals surface area (Å²) in [6, 6.07) is 1.61. The van der Waals surface area contributed by atoms with Crippen LogP contribution >= 0.6 is 0 Å². The lowest BCUT2D eigenvalue weighted by Gasteiger charge is -2.17. The molecule has 1 aliphatic rings. The van der Waals surface area contributed by atoms with E-state index in [1.807, 2.05) is 6.92 Å². The summed E-state index contributed by atoms with van der Waals surface area (Å²) in [5.41, 5.74) is 0.895. The predicted molar refractivity (Wildman–Crippen MR) is 47.5 cm³/mol. The lowest BCUT2D eigenvalue weighted by molar-refractivity contribution is 0.0779. The molecule has 70 valence electrons. The molecule has 0 aromatic carbocycles. The Morgan fingerprint density at radius 3 is 3.31 bits per heavy atom. The van der Waals surface area contributed by atoms with Gasteiger partial charge in [0.15, 0.2) is 0 Å². The largest absolute Gasteiger partial charge is 0.372 e. The first-order chi connectivity index (χ1) is 6.31. The van der Waals surface area contributed by atoms with E-state index in [4.69, 9.17) is 4.74 Å². The Balaban J connectivity index is 2.53. The van der Waals surface area contributed by atoms with E-state index in [-0.39, 0.29) is 5.56 Å². The second-order valence-corrected chi connectivity index (χ2v) is 3.06. The molecular weight excluding hydrogens is 168 g/mol. The van der Waals surface area contributed by atoms with Gasteiger partial charge in [-0.2, -0.15) is 0 Å². The first-order valence-corrected chi connectivity index (χ1v) is 4.48. The molecule has 0 atom stereocenters. The van der Waals surface area contributed by atoms with Crippen molar-refractivity contribution in [3.05, 3.63) is 27.9 Å². The topological polar surface area (TPSA) is 44.1 Å². The number of aryl methyl sites for hydroxylation is 1. The molecule has 4 heteroatoms. The van der Waals surface area contributed by atoms with E-state index in [9.17, 15) is 4.79 Å². The van der Waals surface area contributed by atoms with Gasteiger partial charge in [0.25, 0.3) is 5.56 Å². The Morgan fingerprint density at radius 1 is 1.69 bits per heavy atom. The second-order valence-electron chi connectivity index (χ2n) is 3.06. The van der Waals surface area contributed by atoms with Gasteiger partial charge in [-0.05, 0) is 6.42 Å². The van der Waals surface area contributed by atoms with E-state index in [1.165, 1.54) is 0 Å². The van der Waals surface area contributed by atoms with Gasteiger partial charge in [0.2, 0.25) is 0 Å². The summed E-state index contributed by atoms with van der Waals surface area (Å²) in [5, 5.41) is 0. The van der Waals surface area contributed by atoms with Gasteiger partial charge in [0, 0.05) is 11.8 Å². The van der Waals surface area contributed by atoms with Crippen molar-refractivity contribution in [2.75, 3.05) is 6.61 Å². The zero-order valence-corrected chi connectivity index (χ0v) is 7.62. The Labute approximate surface area is 76.2 Å². The van der Waals surface area contributed by atoms with Crippen LogP contribution in [0, 0.1) is 0 Å². The number of ether oxygens (including phenoxy) is 1. The third-order valence-corrected chi connectivity index (χ3v) is 2.19. The summed E-state index contributed by atoms with van der Waals surface area (Å²) < 4.78 is 6.91. The van der Waals surface area contributed by atoms with Gasteiger partial charge >= 0.3 is 0 Å². The van der Waals surface area contributed by atoms with Gasteiger partial charge in [-0.15, -0.1) is 0 Å². The molecule has 0 unspecified atom stereocenters. The van der Waals surface area contributed by atoms with Crippen molar-refractivity contribution in [2.45, 2.75) is 26.5 Å². The monoisotopic (exact) mass is 180 g/mol. The molecule has 0 spiro atoms. The summed E-state index contributed by atoms with van der Waals surface area (Å²) in [6.45, 7) is 3.69. The molecule has 0 saturated heterocycles. The number of nitrogens with zero attached hydrogens (tertiary/aromatic N) is 2. The van der Waals surface area contributed by atoms with Gasteiger partial charge in [0.1, 0.15) is 12.4 Å². The molecule has 1 aromatic rings. The van der Waals surface area contributed by atoms with Crippen molar-refractivity contribution in [3.63, 3.8) is 0 Å². The van der Waals surface area contributed by atoms with Crippen LogP contribution < -0.4 is 5.56 Å². The molecule has 0 aliphatic carbocycles. The quantitative estimate of drug-likeness (QED) is 0.625. The summed E-state index contributed by atoms with van der Waals surface area (Å²) in [5.74, 6) is 0.760. The van der Waals surface area contributed by atoms with Crippen LogP contribution in [-0.4, -0.2) is 16.2 Å². The van der Waals surface area contributed by atoms with Crippen LogP contribution in [0.5, 0.6) is 0 Å². The van der Waals surface area contributed by atoms with E-state index >= 15 is 0 Å². The van der Waals surface area contributed by atoms with Gasteiger partial charge in [-0.3, -0.25) is 9.36 Å². The minimum atomic E-state index is 0.0464. The van der Waals surface area contributed by atoms with Crippen molar-refractivity contribution < 1.29 is 4.74 Å². The average molecular weight is 180 g/mol. The number of rotatable bonds is 1. The first-order valence-electron chi connectivity index (χ1n) is 4.48. The predicted octanol–water partition coefficient (Wildman–Crippen LogP) is 0.336. The van der Waals surface area contributed by atoms with Crippen LogP contribution in [0.25, 0.3) is 0 Å². The number of hydrogen-bond donors (Lipinski definition) is 0. The third-order valence-electron chi connectivity index (χ3n) is 2.19. The van der Waals surface area contributed by atoms with Crippen LogP contribution in [0.3, 0.4) is 0 Å². The van der Waals surface area contributed by atoms with Crippen LogP contribution in [-0.2, 0) is 24.3 Å². The van der Waals surface area contributed by atoms with E-state index < -0.39 is 0 Å². The molecule has 0 N–H and O–H groups in total. The maximum atomic E-state index is 11.5. The lowest BCUT2D eigenvalue weighted by Crippen LogP contribution is -2.31. The number of aromatic nitrogens is 2. The lowest BCUT2D eigenvalue weighted by atomic mass is 10.3. The van der Waals surface area contributed by atoms with E-state index in [1.54, 1.807) is 10.6 Å². The van der Waals surface area contributed by atoms with E-state index in [2.05, 4.69) is 4.98 Å². The van der Waals surface area contributed by atoms with E-state index in [0.29, 0.717) is 19.8 Å². The van der Waals surface area contributed by atoms with Crippen LogP contribution in [0.2, 0.25) is 0 Å². The molecule has 4 nitrogen and oxygen atoms in total. The highest BCUT2D eigenvalue weighted by atomic mass is 16.5. The highest BCUT2D eigenvalue weighted by molar-refractivity contribution is 5.05. The van der Waals surface area contributed by atoms with Gasteiger partial charge in [-0.1, -0.05) is 6.92 Å². The fourth-order valence-corrected chi connectivity index (χ4v) is 1.46. The third kappa shape index (κ3) is 1.49. The molecule has 1 aliphatic heterocycles. The fourth-order valence-electron chi connectivity index (χ4n) is 1.46. The molecule has 0 amide bonds. The molecule has 0 bridgehead atoms. The van der Waals surface area contributed by atoms with E-state index in [0.717, 1.165) is 17.9 Å². The maximum absolute atomic E-state index is 11.5. The Kier molecular flexibility index (Phi) is 2.14. The summed E-state index contributed by atoms with van der Waals surface area (Å²) >= 11 is 0. The molecular formula is C9H12N2O2. The Hall–Kier alpha value is -1.16. The van der Waals surface area contributed by atoms with Crippen molar-refractivity contribution in [3.8, 4) is 0 Å². The zero-order valence-electron chi connectivity index (χ0n) is 7.62. The first kappa shape index (κ1) is 8.44. The smallest absolute Gasteiger partial charge is 0.253 e. The maximum Gasteiger partial charge on any atom is 0.253 e. The van der Waals surface area contributed by atoms with Gasteiger partial charge in [-0.25, -0.2) is 4.98 Å². The highest BCUT2D eigenvalue weighted by Crippen LogP contribution is 2.04. The second kappa shape index (κ2) is 3.30. The average Bonchev–Trinajstić information content (AvgIpc) is 2.18. The van der Waals surface area contributed by atoms with Crippen molar-refractivity contribution >= 4 is 0 Å². The molecule has 2 heterocycles. The zero-order chi connectivity index (χ0) is 9.26. The Bertz CT molecular complexity index is 370. The number of fused-ring (bicyclic) bond motifs is 1. The van der Waals surface area contributed by atoms with Crippen molar-refractivity contribution in [2.24, 2.45) is 0 Å². The van der Waals surface area contributed by atoms with Crippen molar-refractivity contribution in [1.29, 1.82) is 0 Å².